The first kappa shape index (κ1) is 63.3. The molecule has 65 heavy (non-hydrogen) atoms. The van der Waals surface area contributed by atoms with Crippen LogP contribution in [0.5, 0.6) is 0 Å². The van der Waals surface area contributed by atoms with Crippen LogP contribution in [-0.4, -0.2) is 47.4 Å². The molecule has 6 heteroatoms. The summed E-state index contributed by atoms with van der Waals surface area (Å²) in [6.45, 7) is 4.89. The van der Waals surface area contributed by atoms with Crippen molar-refractivity contribution in [3.63, 3.8) is 0 Å². The van der Waals surface area contributed by atoms with Gasteiger partial charge >= 0.3 is 5.97 Å². The van der Waals surface area contributed by atoms with E-state index in [2.05, 4.69) is 31.3 Å². The molecule has 384 valence electrons. The van der Waals surface area contributed by atoms with Gasteiger partial charge in [0.05, 0.1) is 25.4 Å². The molecule has 2 unspecified atom stereocenters. The fraction of sp³-hybridized carbons (Fsp3) is 0.898. The standard InChI is InChI=1S/C59H113NO5/c1-3-5-7-9-11-13-15-16-30-33-37-41-45-49-53-59(64)65-54-50-46-42-38-34-31-28-26-24-22-20-18-17-19-21-23-25-27-29-32-36-40-44-48-52-58(63)60-56(55-61)57(62)51-47-43-39-35-14-12-10-8-6-4-2/h19,21,47,51,56-57,61-62H,3-18,20,22-46,48-50,52-55H2,1-2H3,(H,60,63)/b21-19-,51-47+. The van der Waals surface area contributed by atoms with Gasteiger partial charge in [0.25, 0.3) is 0 Å². The highest BCUT2D eigenvalue weighted by Crippen LogP contribution is 2.17. The number of aliphatic hydroxyl groups excluding tert-OH is 2. The summed E-state index contributed by atoms with van der Waals surface area (Å²) < 4.78 is 5.48. The maximum Gasteiger partial charge on any atom is 0.305 e. The van der Waals surface area contributed by atoms with Crippen molar-refractivity contribution in [2.24, 2.45) is 0 Å². The Kier molecular flexibility index (Phi) is 53.5. The normalized spacial score (nSPS) is 12.7. The Bertz CT molecular complexity index is 1010. The lowest BCUT2D eigenvalue weighted by Crippen LogP contribution is -2.45. The number of hydrogen-bond acceptors (Lipinski definition) is 5. The Labute approximate surface area is 405 Å². The van der Waals surface area contributed by atoms with Crippen molar-refractivity contribution >= 4 is 11.9 Å². The lowest BCUT2D eigenvalue weighted by Gasteiger charge is -2.20. The first-order valence-corrected chi connectivity index (χ1v) is 29.1. The molecule has 0 saturated heterocycles. The molecule has 6 nitrogen and oxygen atoms in total. The predicted molar refractivity (Wildman–Crippen MR) is 283 cm³/mol. The second-order valence-corrected chi connectivity index (χ2v) is 20.0. The molecule has 0 aliphatic heterocycles. The lowest BCUT2D eigenvalue weighted by molar-refractivity contribution is -0.143. The maximum absolute atomic E-state index is 12.4. The van der Waals surface area contributed by atoms with Crippen molar-refractivity contribution in [1.29, 1.82) is 0 Å². The minimum absolute atomic E-state index is 0.0142. The van der Waals surface area contributed by atoms with Crippen LogP contribution in [0.25, 0.3) is 0 Å². The highest BCUT2D eigenvalue weighted by molar-refractivity contribution is 5.76. The summed E-state index contributed by atoms with van der Waals surface area (Å²) in [6.07, 6.45) is 66.4. The van der Waals surface area contributed by atoms with Crippen LogP contribution in [0, 0.1) is 0 Å². The highest BCUT2D eigenvalue weighted by atomic mass is 16.5. The third-order valence-corrected chi connectivity index (χ3v) is 13.5. The minimum atomic E-state index is -0.845. The van der Waals surface area contributed by atoms with Crippen LogP contribution in [0.2, 0.25) is 0 Å². The first-order valence-electron chi connectivity index (χ1n) is 29.1. The molecule has 0 aliphatic carbocycles. The van der Waals surface area contributed by atoms with E-state index in [1.807, 2.05) is 6.08 Å². The third-order valence-electron chi connectivity index (χ3n) is 13.5. The van der Waals surface area contributed by atoms with Crippen LogP contribution in [0.15, 0.2) is 24.3 Å². The quantitative estimate of drug-likeness (QED) is 0.0321. The zero-order valence-electron chi connectivity index (χ0n) is 43.7. The molecule has 0 radical (unpaired) electrons. The van der Waals surface area contributed by atoms with Crippen LogP contribution < -0.4 is 5.32 Å². The van der Waals surface area contributed by atoms with Gasteiger partial charge in [-0.15, -0.1) is 0 Å². The smallest absolute Gasteiger partial charge is 0.305 e. The first-order chi connectivity index (χ1) is 32.0. The molecule has 0 heterocycles. The summed E-state index contributed by atoms with van der Waals surface area (Å²) in [7, 11) is 0. The largest absolute Gasteiger partial charge is 0.466 e. The van der Waals surface area contributed by atoms with E-state index in [-0.39, 0.29) is 18.5 Å². The van der Waals surface area contributed by atoms with Crippen LogP contribution in [0.4, 0.5) is 0 Å². The number of carbonyl (C=O) groups is 2. The van der Waals surface area contributed by atoms with Gasteiger partial charge in [-0.05, 0) is 57.8 Å². The number of aliphatic hydroxyl groups is 2. The number of unbranched alkanes of at least 4 members (excludes halogenated alkanes) is 41. The predicted octanol–water partition coefficient (Wildman–Crippen LogP) is 17.9. The van der Waals surface area contributed by atoms with E-state index in [9.17, 15) is 19.8 Å². The molecule has 1 amide bonds. The average Bonchev–Trinajstić information content (AvgIpc) is 3.31. The summed E-state index contributed by atoms with van der Waals surface area (Å²) in [6, 6.07) is -0.629. The second-order valence-electron chi connectivity index (χ2n) is 20.0. The SMILES string of the molecule is CCCCCCCCCC/C=C/C(O)C(CO)NC(=O)CCCCCCCCCC/C=C\CCCCCCCCCCCCCCOC(=O)CCCCCCCCCCCCCCCC. The van der Waals surface area contributed by atoms with E-state index in [1.54, 1.807) is 6.08 Å². The Balaban J connectivity index is 3.39. The Morgan fingerprint density at radius 1 is 0.415 bits per heavy atom. The number of nitrogens with one attached hydrogen (secondary N) is 1. The number of rotatable bonds is 54. The number of ether oxygens (including phenoxy) is 1. The van der Waals surface area contributed by atoms with Crippen molar-refractivity contribution in [1.82, 2.24) is 5.32 Å². The van der Waals surface area contributed by atoms with Gasteiger partial charge in [0.15, 0.2) is 0 Å². The van der Waals surface area contributed by atoms with Crippen molar-refractivity contribution in [3.05, 3.63) is 24.3 Å². The van der Waals surface area contributed by atoms with E-state index in [4.69, 9.17) is 4.74 Å². The zero-order chi connectivity index (χ0) is 47.2. The molecular formula is C59H113NO5. The molecule has 0 bridgehead atoms. The van der Waals surface area contributed by atoms with Crippen molar-refractivity contribution < 1.29 is 24.5 Å². The third kappa shape index (κ3) is 51.6. The van der Waals surface area contributed by atoms with Crippen molar-refractivity contribution in [2.45, 2.75) is 328 Å². The van der Waals surface area contributed by atoms with Gasteiger partial charge in [-0.25, -0.2) is 0 Å². The number of esters is 1. The number of allylic oxidation sites excluding steroid dienone is 3. The second kappa shape index (κ2) is 54.9. The number of hydrogen-bond donors (Lipinski definition) is 3. The number of carbonyl (C=O) groups excluding carboxylic acids is 2. The molecule has 0 spiro atoms. The van der Waals surface area contributed by atoms with Crippen LogP contribution >= 0.6 is 0 Å². The van der Waals surface area contributed by atoms with Gasteiger partial charge in [0, 0.05) is 12.8 Å². The van der Waals surface area contributed by atoms with Gasteiger partial charge in [-0.2, -0.15) is 0 Å². The Morgan fingerprint density at radius 2 is 0.723 bits per heavy atom. The molecule has 0 aromatic rings. The average molecular weight is 917 g/mol. The van der Waals surface area contributed by atoms with E-state index >= 15 is 0 Å². The van der Waals surface area contributed by atoms with E-state index in [0.29, 0.717) is 19.4 Å². The number of amides is 1. The van der Waals surface area contributed by atoms with Gasteiger partial charge in [-0.3, -0.25) is 9.59 Å². The summed E-state index contributed by atoms with van der Waals surface area (Å²) in [4.78, 5) is 24.4. The maximum atomic E-state index is 12.4. The minimum Gasteiger partial charge on any atom is -0.466 e. The van der Waals surface area contributed by atoms with Gasteiger partial charge < -0.3 is 20.3 Å². The highest BCUT2D eigenvalue weighted by Gasteiger charge is 2.18. The van der Waals surface area contributed by atoms with Gasteiger partial charge in [0.2, 0.25) is 5.91 Å². The fourth-order valence-electron chi connectivity index (χ4n) is 8.98. The van der Waals surface area contributed by atoms with Crippen LogP contribution in [-0.2, 0) is 14.3 Å². The molecule has 0 aliphatic rings. The molecular weight excluding hydrogens is 803 g/mol. The van der Waals surface area contributed by atoms with Crippen molar-refractivity contribution in [3.8, 4) is 0 Å². The Morgan fingerprint density at radius 3 is 1.09 bits per heavy atom. The lowest BCUT2D eigenvalue weighted by atomic mass is 10.0. The van der Waals surface area contributed by atoms with Gasteiger partial charge in [0.1, 0.15) is 0 Å². The summed E-state index contributed by atoms with van der Waals surface area (Å²) in [5, 5.41) is 23.0. The molecule has 2 atom stereocenters. The summed E-state index contributed by atoms with van der Waals surface area (Å²) >= 11 is 0. The van der Waals surface area contributed by atoms with Crippen molar-refractivity contribution in [2.75, 3.05) is 13.2 Å². The summed E-state index contributed by atoms with van der Waals surface area (Å²) in [5.74, 6) is -0.0598. The van der Waals surface area contributed by atoms with E-state index in [0.717, 1.165) is 38.5 Å². The van der Waals surface area contributed by atoms with E-state index in [1.165, 1.54) is 250 Å². The van der Waals surface area contributed by atoms with Gasteiger partial charge in [-0.1, -0.05) is 269 Å². The molecule has 3 N–H and O–H groups in total. The molecule has 0 aromatic heterocycles. The van der Waals surface area contributed by atoms with Crippen LogP contribution in [0.3, 0.4) is 0 Å². The molecule has 0 rings (SSSR count). The molecule has 0 aromatic carbocycles. The fourth-order valence-corrected chi connectivity index (χ4v) is 8.98. The van der Waals surface area contributed by atoms with Crippen LogP contribution in [0.1, 0.15) is 316 Å². The Hall–Kier alpha value is -1.66. The monoisotopic (exact) mass is 916 g/mol. The topological polar surface area (TPSA) is 95.9 Å². The molecule has 0 fully saturated rings. The summed E-state index contributed by atoms with van der Waals surface area (Å²) in [5.41, 5.74) is 0. The molecule has 0 saturated carbocycles. The van der Waals surface area contributed by atoms with E-state index < -0.39 is 12.1 Å². The zero-order valence-corrected chi connectivity index (χ0v) is 43.7.